The number of amides is 1. The monoisotopic (exact) mass is 287 g/mol. The fourth-order valence-electron chi connectivity index (χ4n) is 1.14. The van der Waals surface area contributed by atoms with Crippen LogP contribution < -0.4 is 10.5 Å². The zero-order chi connectivity index (χ0) is 13.0. The van der Waals surface area contributed by atoms with E-state index in [1.165, 1.54) is 11.9 Å². The lowest BCUT2D eigenvalue weighted by molar-refractivity contribution is -0.128. The number of rotatable bonds is 6. The van der Waals surface area contributed by atoms with E-state index in [1.54, 1.807) is 7.05 Å². The first-order chi connectivity index (χ1) is 7.13. The van der Waals surface area contributed by atoms with Crippen LogP contribution in [-0.2, 0) is 14.8 Å². The van der Waals surface area contributed by atoms with Crippen LogP contribution in [0.2, 0.25) is 0 Å². The summed E-state index contributed by atoms with van der Waals surface area (Å²) in [5.74, 6) is -0.962. The van der Waals surface area contributed by atoms with Gasteiger partial charge in [-0.15, -0.1) is 12.4 Å². The smallest absolute Gasteiger partial charge is 0.238 e. The molecule has 0 saturated heterocycles. The predicted octanol–water partition coefficient (Wildman–Crippen LogP) is -0.599. The second-order valence-corrected chi connectivity index (χ2v) is 6.51. The number of carbonyl (C=O) groups is 1. The van der Waals surface area contributed by atoms with Gasteiger partial charge in [-0.3, -0.25) is 4.79 Å². The number of nitrogens with one attached hydrogen (secondary N) is 1. The Hall–Kier alpha value is -0.370. The Morgan fingerprint density at radius 3 is 2.24 bits per heavy atom. The number of carbonyl (C=O) groups excluding carboxylic acids is 1. The molecule has 0 atom stereocenters. The molecule has 1 amide bonds. The van der Waals surface area contributed by atoms with Gasteiger partial charge in [0.2, 0.25) is 15.9 Å². The van der Waals surface area contributed by atoms with Crippen molar-refractivity contribution in [3.8, 4) is 0 Å². The number of hydrogen-bond donors (Lipinski definition) is 2. The van der Waals surface area contributed by atoms with Gasteiger partial charge >= 0.3 is 0 Å². The van der Waals surface area contributed by atoms with Gasteiger partial charge in [0.15, 0.2) is 0 Å². The second-order valence-electron chi connectivity index (χ2n) is 4.58. The van der Waals surface area contributed by atoms with Gasteiger partial charge in [-0.05, 0) is 19.0 Å². The maximum absolute atomic E-state index is 11.6. The molecule has 6 nitrogen and oxygen atoms in total. The van der Waals surface area contributed by atoms with E-state index in [4.69, 9.17) is 5.73 Å². The molecule has 0 rings (SSSR count). The molecule has 8 heteroatoms. The van der Waals surface area contributed by atoms with E-state index in [-0.39, 0.29) is 17.8 Å². The molecule has 0 fully saturated rings. The normalized spacial score (nSPS) is 11.8. The van der Waals surface area contributed by atoms with Crippen LogP contribution in [-0.4, -0.2) is 52.2 Å². The highest BCUT2D eigenvalue weighted by molar-refractivity contribution is 7.90. The Morgan fingerprint density at radius 1 is 1.41 bits per heavy atom. The van der Waals surface area contributed by atoms with Gasteiger partial charge in [0.05, 0.1) is 0 Å². The molecule has 0 aliphatic rings. The van der Waals surface area contributed by atoms with Gasteiger partial charge in [0.25, 0.3) is 0 Å². The van der Waals surface area contributed by atoms with Crippen molar-refractivity contribution in [2.75, 3.05) is 32.9 Å². The van der Waals surface area contributed by atoms with E-state index in [9.17, 15) is 13.2 Å². The van der Waals surface area contributed by atoms with E-state index < -0.39 is 21.7 Å². The molecule has 104 valence electrons. The average Bonchev–Trinajstić information content (AvgIpc) is 2.16. The minimum absolute atomic E-state index is 0. The quantitative estimate of drug-likeness (QED) is 0.682. The van der Waals surface area contributed by atoms with Crippen molar-refractivity contribution in [2.24, 2.45) is 11.1 Å². The van der Waals surface area contributed by atoms with E-state index in [0.29, 0.717) is 13.1 Å². The van der Waals surface area contributed by atoms with Gasteiger partial charge in [-0.2, -0.15) is 0 Å². The Labute approximate surface area is 109 Å². The summed E-state index contributed by atoms with van der Waals surface area (Å²) in [7, 11) is -0.640. The molecule has 0 aromatic carbocycles. The van der Waals surface area contributed by atoms with E-state index in [1.807, 2.05) is 13.8 Å². The van der Waals surface area contributed by atoms with Gasteiger partial charge in [0, 0.05) is 13.6 Å². The third kappa shape index (κ3) is 7.54. The second kappa shape index (κ2) is 7.15. The average molecular weight is 288 g/mol. The van der Waals surface area contributed by atoms with Crippen LogP contribution in [0.4, 0.5) is 0 Å². The number of sulfonamides is 1. The van der Waals surface area contributed by atoms with Crippen molar-refractivity contribution >= 4 is 28.3 Å². The molecule has 0 heterocycles. The molecular weight excluding hydrogens is 266 g/mol. The standard InChI is InChI=1S/C9H21N3O3S.ClH/c1-9(2,6-10)7-12(4)8(13)5-16(14,15)11-3;/h11H,5-7,10H2,1-4H3;1H. The van der Waals surface area contributed by atoms with Crippen molar-refractivity contribution in [3.63, 3.8) is 0 Å². The van der Waals surface area contributed by atoms with Crippen LogP contribution in [0.15, 0.2) is 0 Å². The lowest BCUT2D eigenvalue weighted by Gasteiger charge is -2.28. The lowest BCUT2D eigenvalue weighted by atomic mass is 9.93. The number of nitrogens with two attached hydrogens (primary N) is 1. The third-order valence-corrected chi connectivity index (χ3v) is 3.52. The third-order valence-electron chi connectivity index (χ3n) is 2.27. The molecule has 0 spiro atoms. The van der Waals surface area contributed by atoms with E-state index >= 15 is 0 Å². The van der Waals surface area contributed by atoms with Crippen LogP contribution >= 0.6 is 12.4 Å². The maximum Gasteiger partial charge on any atom is 0.238 e. The molecule has 0 aromatic heterocycles. The van der Waals surface area contributed by atoms with Crippen LogP contribution in [0.25, 0.3) is 0 Å². The van der Waals surface area contributed by atoms with Gasteiger partial charge < -0.3 is 10.6 Å². The van der Waals surface area contributed by atoms with Crippen LogP contribution in [0.3, 0.4) is 0 Å². The molecule has 0 aliphatic heterocycles. The lowest BCUT2D eigenvalue weighted by Crippen LogP contribution is -2.43. The topological polar surface area (TPSA) is 92.5 Å². The van der Waals surface area contributed by atoms with Gasteiger partial charge in [-0.25, -0.2) is 13.1 Å². The summed E-state index contributed by atoms with van der Waals surface area (Å²) in [5, 5.41) is 0. The molecular formula is C9H22ClN3O3S. The molecule has 0 unspecified atom stereocenters. The molecule has 17 heavy (non-hydrogen) atoms. The highest BCUT2D eigenvalue weighted by Gasteiger charge is 2.23. The summed E-state index contributed by atoms with van der Waals surface area (Å²) in [6.07, 6.45) is 0. The Kier molecular flexibility index (Phi) is 7.98. The van der Waals surface area contributed by atoms with Crippen LogP contribution in [0.5, 0.6) is 0 Å². The van der Waals surface area contributed by atoms with Gasteiger partial charge in [0.1, 0.15) is 5.75 Å². The summed E-state index contributed by atoms with van der Waals surface area (Å²) in [4.78, 5) is 13.0. The molecule has 3 N–H and O–H groups in total. The molecule has 0 saturated carbocycles. The number of halogens is 1. The predicted molar refractivity (Wildman–Crippen MR) is 70.6 cm³/mol. The summed E-state index contributed by atoms with van der Waals surface area (Å²) < 4.78 is 24.4. The first kappa shape index (κ1) is 19.0. The van der Waals surface area contributed by atoms with Crippen LogP contribution in [0.1, 0.15) is 13.8 Å². The zero-order valence-electron chi connectivity index (χ0n) is 10.7. The molecule has 0 aromatic rings. The minimum Gasteiger partial charge on any atom is -0.344 e. The highest BCUT2D eigenvalue weighted by atomic mass is 35.5. The Morgan fingerprint density at radius 2 is 1.88 bits per heavy atom. The zero-order valence-corrected chi connectivity index (χ0v) is 12.3. The van der Waals surface area contributed by atoms with Crippen molar-refractivity contribution in [2.45, 2.75) is 13.8 Å². The van der Waals surface area contributed by atoms with Crippen molar-refractivity contribution < 1.29 is 13.2 Å². The first-order valence-electron chi connectivity index (χ1n) is 4.99. The highest BCUT2D eigenvalue weighted by Crippen LogP contribution is 2.13. The summed E-state index contributed by atoms with van der Waals surface area (Å²) in [6.45, 7) is 4.71. The van der Waals surface area contributed by atoms with Crippen molar-refractivity contribution in [1.29, 1.82) is 0 Å². The van der Waals surface area contributed by atoms with Crippen molar-refractivity contribution in [3.05, 3.63) is 0 Å². The first-order valence-corrected chi connectivity index (χ1v) is 6.64. The Bertz CT molecular complexity index is 343. The number of hydrogen-bond acceptors (Lipinski definition) is 4. The summed E-state index contributed by atoms with van der Waals surface area (Å²) >= 11 is 0. The van der Waals surface area contributed by atoms with Gasteiger partial charge in [-0.1, -0.05) is 13.8 Å². The van der Waals surface area contributed by atoms with E-state index in [0.717, 1.165) is 0 Å². The molecule has 0 bridgehead atoms. The largest absolute Gasteiger partial charge is 0.344 e. The fraction of sp³-hybridized carbons (Fsp3) is 0.889. The fourth-order valence-corrected chi connectivity index (χ4v) is 1.83. The molecule has 0 aliphatic carbocycles. The van der Waals surface area contributed by atoms with Crippen LogP contribution in [0, 0.1) is 5.41 Å². The minimum atomic E-state index is -3.50. The SMILES string of the molecule is CNS(=O)(=O)CC(=O)N(C)CC(C)(C)CN.Cl. The Balaban J connectivity index is 0. The molecule has 0 radical (unpaired) electrons. The van der Waals surface area contributed by atoms with Crippen molar-refractivity contribution in [1.82, 2.24) is 9.62 Å². The maximum atomic E-state index is 11.6. The summed E-state index contributed by atoms with van der Waals surface area (Å²) in [5.41, 5.74) is 5.33. The summed E-state index contributed by atoms with van der Waals surface area (Å²) in [6, 6.07) is 0. The van der Waals surface area contributed by atoms with E-state index in [2.05, 4.69) is 4.72 Å². The number of nitrogens with zero attached hydrogens (tertiary/aromatic N) is 1.